The van der Waals surface area contributed by atoms with E-state index in [1.54, 1.807) is 29.2 Å². The average Bonchev–Trinajstić information content (AvgIpc) is 3.08. The SMILES string of the molecule is O=C1[C@H]2CCCN2S(=O)(=O)c2ccccc2N1Cc1ccccc1. The molecule has 5 nitrogen and oxygen atoms in total. The fourth-order valence-corrected chi connectivity index (χ4v) is 5.37. The number of carbonyl (C=O) groups is 1. The second-order valence-electron chi connectivity index (χ2n) is 6.15. The van der Waals surface area contributed by atoms with Crippen LogP contribution in [0.2, 0.25) is 0 Å². The molecule has 124 valence electrons. The lowest BCUT2D eigenvalue weighted by atomic mass is 10.1. The lowest BCUT2D eigenvalue weighted by Gasteiger charge is -2.25. The largest absolute Gasteiger partial charge is 0.305 e. The first kappa shape index (κ1) is 15.4. The molecule has 0 aliphatic carbocycles. The van der Waals surface area contributed by atoms with Crippen LogP contribution in [-0.2, 0) is 21.4 Å². The Balaban J connectivity index is 1.87. The van der Waals surface area contributed by atoms with Crippen molar-refractivity contribution >= 4 is 21.6 Å². The number of carbonyl (C=O) groups excluding carboxylic acids is 1. The van der Waals surface area contributed by atoms with Gasteiger partial charge in [-0.25, -0.2) is 8.42 Å². The van der Waals surface area contributed by atoms with E-state index < -0.39 is 16.1 Å². The van der Waals surface area contributed by atoms with E-state index in [1.807, 2.05) is 30.3 Å². The third-order valence-corrected chi connectivity index (χ3v) is 6.64. The van der Waals surface area contributed by atoms with Crippen molar-refractivity contribution in [2.24, 2.45) is 0 Å². The quantitative estimate of drug-likeness (QED) is 0.842. The summed E-state index contributed by atoms with van der Waals surface area (Å²) in [4.78, 5) is 14.9. The van der Waals surface area contributed by atoms with Crippen LogP contribution in [0.5, 0.6) is 0 Å². The van der Waals surface area contributed by atoms with Gasteiger partial charge < -0.3 is 4.90 Å². The van der Waals surface area contributed by atoms with Crippen molar-refractivity contribution in [2.45, 2.75) is 30.3 Å². The number of hydrogen-bond acceptors (Lipinski definition) is 3. The van der Waals surface area contributed by atoms with Crippen molar-refractivity contribution in [3.05, 3.63) is 60.2 Å². The standard InChI is InChI=1S/C18H18N2O3S/c21-18-16-10-6-12-20(16)24(22,23)17-11-5-4-9-15(17)19(18)13-14-7-2-1-3-8-14/h1-5,7-9,11,16H,6,10,12-13H2/t16-/m1/s1. The van der Waals surface area contributed by atoms with Crippen molar-refractivity contribution in [1.82, 2.24) is 4.31 Å². The van der Waals surface area contributed by atoms with Gasteiger partial charge in [-0.1, -0.05) is 42.5 Å². The first-order valence-corrected chi connectivity index (χ1v) is 9.49. The summed E-state index contributed by atoms with van der Waals surface area (Å²) in [7, 11) is -3.64. The summed E-state index contributed by atoms with van der Waals surface area (Å²) in [6, 6.07) is 15.9. The van der Waals surface area contributed by atoms with Crippen molar-refractivity contribution < 1.29 is 13.2 Å². The first-order chi connectivity index (χ1) is 11.6. The molecule has 4 rings (SSSR count). The Hall–Kier alpha value is -2.18. The van der Waals surface area contributed by atoms with Crippen LogP contribution in [0.1, 0.15) is 18.4 Å². The van der Waals surface area contributed by atoms with E-state index in [0.29, 0.717) is 25.2 Å². The Morgan fingerprint density at radius 2 is 1.71 bits per heavy atom. The minimum Gasteiger partial charge on any atom is -0.305 e. The minimum atomic E-state index is -3.64. The summed E-state index contributed by atoms with van der Waals surface area (Å²) in [5.41, 5.74) is 1.45. The third-order valence-electron chi connectivity index (χ3n) is 4.68. The van der Waals surface area contributed by atoms with Crippen LogP contribution in [0.4, 0.5) is 5.69 Å². The monoisotopic (exact) mass is 342 g/mol. The molecule has 2 aliphatic heterocycles. The van der Waals surface area contributed by atoms with Gasteiger partial charge in [0.2, 0.25) is 15.9 Å². The number of anilines is 1. The minimum absolute atomic E-state index is 0.134. The van der Waals surface area contributed by atoms with Crippen LogP contribution in [0.15, 0.2) is 59.5 Å². The van der Waals surface area contributed by atoms with Gasteiger partial charge in [-0.05, 0) is 30.5 Å². The summed E-state index contributed by atoms with van der Waals surface area (Å²) in [6.07, 6.45) is 1.30. The molecule has 2 heterocycles. The van der Waals surface area contributed by atoms with Gasteiger partial charge in [0.05, 0.1) is 12.2 Å². The van der Waals surface area contributed by atoms with E-state index in [4.69, 9.17) is 0 Å². The second kappa shape index (κ2) is 5.72. The van der Waals surface area contributed by atoms with Crippen molar-refractivity contribution in [2.75, 3.05) is 11.4 Å². The van der Waals surface area contributed by atoms with Gasteiger partial charge in [0.1, 0.15) is 10.9 Å². The molecule has 0 saturated carbocycles. The van der Waals surface area contributed by atoms with E-state index in [0.717, 1.165) is 12.0 Å². The molecule has 0 unspecified atom stereocenters. The topological polar surface area (TPSA) is 57.7 Å². The normalized spacial score (nSPS) is 22.8. The van der Waals surface area contributed by atoms with Crippen LogP contribution >= 0.6 is 0 Å². The Kier molecular flexibility index (Phi) is 3.66. The highest BCUT2D eigenvalue weighted by Crippen LogP contribution is 2.37. The number of para-hydroxylation sites is 1. The summed E-state index contributed by atoms with van der Waals surface area (Å²) >= 11 is 0. The number of amides is 1. The molecular weight excluding hydrogens is 324 g/mol. The number of nitrogens with zero attached hydrogens (tertiary/aromatic N) is 2. The van der Waals surface area contributed by atoms with E-state index in [9.17, 15) is 13.2 Å². The number of sulfonamides is 1. The van der Waals surface area contributed by atoms with E-state index in [-0.39, 0.29) is 10.8 Å². The zero-order valence-electron chi connectivity index (χ0n) is 13.1. The average molecular weight is 342 g/mol. The molecule has 1 fully saturated rings. The first-order valence-electron chi connectivity index (χ1n) is 8.05. The number of rotatable bonds is 2. The van der Waals surface area contributed by atoms with Gasteiger partial charge in [-0.15, -0.1) is 0 Å². The highest BCUT2D eigenvalue weighted by atomic mass is 32.2. The fraction of sp³-hybridized carbons (Fsp3) is 0.278. The Bertz CT molecular complexity index is 880. The summed E-state index contributed by atoms with van der Waals surface area (Å²) in [5.74, 6) is -0.134. The van der Waals surface area contributed by atoms with Crippen LogP contribution in [0.3, 0.4) is 0 Å². The maximum absolute atomic E-state index is 13.1. The van der Waals surface area contributed by atoms with Crippen LogP contribution in [-0.4, -0.2) is 31.2 Å². The van der Waals surface area contributed by atoms with Gasteiger partial charge in [0, 0.05) is 6.54 Å². The van der Waals surface area contributed by atoms with Crippen molar-refractivity contribution in [3.8, 4) is 0 Å². The maximum atomic E-state index is 13.1. The highest BCUT2D eigenvalue weighted by Gasteiger charge is 2.45. The van der Waals surface area contributed by atoms with Crippen LogP contribution in [0, 0.1) is 0 Å². The van der Waals surface area contributed by atoms with Crippen LogP contribution in [0.25, 0.3) is 0 Å². The Morgan fingerprint density at radius 3 is 2.50 bits per heavy atom. The molecule has 2 aliphatic rings. The zero-order valence-corrected chi connectivity index (χ0v) is 13.9. The smallest absolute Gasteiger partial charge is 0.245 e. The van der Waals surface area contributed by atoms with Crippen molar-refractivity contribution in [1.29, 1.82) is 0 Å². The maximum Gasteiger partial charge on any atom is 0.245 e. The molecule has 6 heteroatoms. The van der Waals surface area contributed by atoms with Gasteiger partial charge >= 0.3 is 0 Å². The van der Waals surface area contributed by atoms with Crippen molar-refractivity contribution in [3.63, 3.8) is 0 Å². The Labute approximate surface area is 141 Å². The molecule has 0 N–H and O–H groups in total. The molecule has 1 saturated heterocycles. The third kappa shape index (κ3) is 2.34. The van der Waals surface area contributed by atoms with E-state index in [1.165, 1.54) is 4.31 Å². The van der Waals surface area contributed by atoms with Crippen LogP contribution < -0.4 is 4.90 Å². The predicted octanol–water partition coefficient (Wildman–Crippen LogP) is 2.39. The highest BCUT2D eigenvalue weighted by molar-refractivity contribution is 7.89. The second-order valence-corrected chi connectivity index (χ2v) is 8.01. The number of benzene rings is 2. The molecule has 2 aromatic carbocycles. The molecule has 24 heavy (non-hydrogen) atoms. The summed E-state index contributed by atoms with van der Waals surface area (Å²) in [5, 5.41) is 0. The van der Waals surface area contributed by atoms with E-state index >= 15 is 0 Å². The molecule has 0 radical (unpaired) electrons. The van der Waals surface area contributed by atoms with Gasteiger partial charge in [0.25, 0.3) is 0 Å². The molecule has 0 aromatic heterocycles. The van der Waals surface area contributed by atoms with E-state index in [2.05, 4.69) is 0 Å². The number of fused-ring (bicyclic) bond motifs is 2. The zero-order chi connectivity index (χ0) is 16.7. The Morgan fingerprint density at radius 1 is 1.00 bits per heavy atom. The lowest BCUT2D eigenvalue weighted by Crippen LogP contribution is -2.44. The lowest BCUT2D eigenvalue weighted by molar-refractivity contribution is -0.121. The number of hydrogen-bond donors (Lipinski definition) is 0. The summed E-state index contributed by atoms with van der Waals surface area (Å²) < 4.78 is 27.4. The molecule has 0 bridgehead atoms. The fourth-order valence-electron chi connectivity index (χ4n) is 3.53. The molecule has 1 amide bonds. The summed E-state index contributed by atoms with van der Waals surface area (Å²) in [6.45, 7) is 0.781. The van der Waals surface area contributed by atoms with Gasteiger partial charge in [-0.3, -0.25) is 4.79 Å². The van der Waals surface area contributed by atoms with Gasteiger partial charge in [-0.2, -0.15) is 4.31 Å². The molecular formula is C18H18N2O3S. The molecule has 0 spiro atoms. The molecule has 1 atom stereocenters. The predicted molar refractivity (Wildman–Crippen MR) is 91.0 cm³/mol. The van der Waals surface area contributed by atoms with Gasteiger partial charge in [0.15, 0.2) is 0 Å². The molecule has 2 aromatic rings.